The van der Waals surface area contributed by atoms with Crippen molar-refractivity contribution in [1.82, 2.24) is 14.3 Å². The molecule has 0 aliphatic carbocycles. The van der Waals surface area contributed by atoms with Crippen LogP contribution >= 0.6 is 0 Å². The Morgan fingerprint density at radius 2 is 2.40 bits per heavy atom. The second-order valence-electron chi connectivity index (χ2n) is 5.20. The van der Waals surface area contributed by atoms with Crippen molar-refractivity contribution in [2.75, 3.05) is 25.5 Å². The smallest absolute Gasteiger partial charge is 0.356 e. The first-order valence-electron chi connectivity index (χ1n) is 6.81. The van der Waals surface area contributed by atoms with E-state index in [9.17, 15) is 9.90 Å². The zero-order valence-electron chi connectivity index (χ0n) is 11.4. The van der Waals surface area contributed by atoms with Crippen molar-refractivity contribution in [3.05, 3.63) is 30.1 Å². The summed E-state index contributed by atoms with van der Waals surface area (Å²) in [5.74, 6) is -0.519. The Labute approximate surface area is 117 Å². The topological polar surface area (TPSA) is 69.9 Å². The lowest BCUT2D eigenvalue weighted by Gasteiger charge is -2.19. The van der Waals surface area contributed by atoms with Gasteiger partial charge in [0.2, 0.25) is 0 Å². The summed E-state index contributed by atoms with van der Waals surface area (Å²) in [6.07, 6.45) is 4.05. The average molecular weight is 274 g/mol. The van der Waals surface area contributed by atoms with Gasteiger partial charge in [-0.1, -0.05) is 6.07 Å². The maximum Gasteiger partial charge on any atom is 0.356 e. The third-order valence-corrected chi connectivity index (χ3v) is 3.91. The van der Waals surface area contributed by atoms with Gasteiger partial charge in [0.05, 0.1) is 0 Å². The monoisotopic (exact) mass is 274 g/mol. The minimum atomic E-state index is -0.967. The molecule has 0 bridgehead atoms. The van der Waals surface area contributed by atoms with Gasteiger partial charge >= 0.3 is 5.97 Å². The van der Waals surface area contributed by atoms with Gasteiger partial charge in [0.25, 0.3) is 0 Å². The number of aromatic carboxylic acids is 1. The zero-order chi connectivity index (χ0) is 14.1. The van der Waals surface area contributed by atoms with Crippen molar-refractivity contribution in [1.29, 1.82) is 0 Å². The van der Waals surface area contributed by atoms with E-state index in [-0.39, 0.29) is 5.69 Å². The highest BCUT2D eigenvalue weighted by molar-refractivity contribution is 5.92. The van der Waals surface area contributed by atoms with E-state index in [4.69, 9.17) is 0 Å². The van der Waals surface area contributed by atoms with Crippen LogP contribution in [0.1, 0.15) is 23.3 Å². The third kappa shape index (κ3) is 2.22. The maximum absolute atomic E-state index is 11.4. The molecule has 3 heterocycles. The largest absolute Gasteiger partial charge is 0.476 e. The van der Waals surface area contributed by atoms with Crippen LogP contribution in [0.4, 0.5) is 5.82 Å². The number of hydrogen-bond acceptors (Lipinski definition) is 4. The van der Waals surface area contributed by atoms with Gasteiger partial charge in [-0.2, -0.15) is 0 Å². The average Bonchev–Trinajstić information content (AvgIpc) is 2.99. The van der Waals surface area contributed by atoms with Crippen molar-refractivity contribution >= 4 is 17.4 Å². The summed E-state index contributed by atoms with van der Waals surface area (Å²) in [5.41, 5.74) is 0.841. The molecule has 1 saturated heterocycles. The number of carboxylic acid groups (broad SMARTS) is 1. The summed E-state index contributed by atoms with van der Waals surface area (Å²) >= 11 is 0. The Balaban J connectivity index is 1.87. The first-order valence-corrected chi connectivity index (χ1v) is 6.81. The van der Waals surface area contributed by atoms with Crippen LogP contribution in [0.15, 0.2) is 24.4 Å². The van der Waals surface area contributed by atoms with Crippen LogP contribution in [0.5, 0.6) is 0 Å². The third-order valence-electron chi connectivity index (χ3n) is 3.91. The van der Waals surface area contributed by atoms with E-state index < -0.39 is 5.97 Å². The Morgan fingerprint density at radius 1 is 1.55 bits per heavy atom. The molecule has 1 aliphatic heterocycles. The molecule has 0 spiro atoms. The summed E-state index contributed by atoms with van der Waals surface area (Å²) in [4.78, 5) is 18.1. The number of likely N-dealkylation sites (N-methyl/N-ethyl adjacent to an activating group) is 1. The Kier molecular flexibility index (Phi) is 3.31. The first-order chi connectivity index (χ1) is 9.66. The lowest BCUT2D eigenvalue weighted by atomic mass is 10.2. The molecular formula is C14H18N4O2. The Hall–Kier alpha value is -2.08. The van der Waals surface area contributed by atoms with E-state index in [1.807, 2.05) is 6.07 Å². The minimum absolute atomic E-state index is 0.196. The number of fused-ring (bicyclic) bond motifs is 1. The highest BCUT2D eigenvalue weighted by atomic mass is 16.4. The van der Waals surface area contributed by atoms with E-state index >= 15 is 0 Å². The number of anilines is 1. The number of likely N-dealkylation sites (tertiary alicyclic amines) is 1. The fourth-order valence-corrected chi connectivity index (χ4v) is 2.78. The Morgan fingerprint density at radius 3 is 3.10 bits per heavy atom. The van der Waals surface area contributed by atoms with Crippen molar-refractivity contribution in [3.8, 4) is 0 Å². The second-order valence-corrected chi connectivity index (χ2v) is 5.20. The maximum atomic E-state index is 11.4. The molecule has 2 aromatic rings. The van der Waals surface area contributed by atoms with E-state index in [1.165, 1.54) is 6.42 Å². The number of hydrogen-bond donors (Lipinski definition) is 2. The number of carbonyl (C=O) groups is 1. The summed E-state index contributed by atoms with van der Waals surface area (Å²) in [7, 11) is 2.10. The van der Waals surface area contributed by atoms with Gasteiger partial charge in [0, 0.05) is 18.8 Å². The number of imidazole rings is 1. The van der Waals surface area contributed by atoms with E-state index in [1.54, 1.807) is 22.7 Å². The fourth-order valence-electron chi connectivity index (χ4n) is 2.78. The lowest BCUT2D eigenvalue weighted by molar-refractivity contribution is 0.0690. The van der Waals surface area contributed by atoms with Gasteiger partial charge in [-0.15, -0.1) is 0 Å². The summed E-state index contributed by atoms with van der Waals surface area (Å²) in [6.45, 7) is 1.82. The SMILES string of the molecule is CN1CCCC1CNc1nc2ccccn2c1C(=O)O. The predicted molar refractivity (Wildman–Crippen MR) is 76.3 cm³/mol. The highest BCUT2D eigenvalue weighted by Crippen LogP contribution is 2.20. The van der Waals surface area contributed by atoms with E-state index in [0.29, 0.717) is 17.5 Å². The molecule has 0 radical (unpaired) electrons. The van der Waals surface area contributed by atoms with Crippen molar-refractivity contribution in [3.63, 3.8) is 0 Å². The van der Waals surface area contributed by atoms with Gasteiger partial charge in [-0.05, 0) is 38.6 Å². The first kappa shape index (κ1) is 12.9. The number of nitrogens with zero attached hydrogens (tertiary/aromatic N) is 3. The molecule has 2 N–H and O–H groups in total. The standard InChI is InChI=1S/C14H18N4O2/c1-17-7-4-5-10(17)9-15-13-12(14(19)20)18-8-3-2-6-11(18)16-13/h2-3,6,8,10,15H,4-5,7,9H2,1H3,(H,19,20). The number of nitrogens with one attached hydrogen (secondary N) is 1. The van der Waals surface area contributed by atoms with Crippen LogP contribution in [0.3, 0.4) is 0 Å². The van der Waals surface area contributed by atoms with Crippen molar-refractivity contribution in [2.45, 2.75) is 18.9 Å². The normalized spacial score (nSPS) is 19.6. The van der Waals surface area contributed by atoms with E-state index in [2.05, 4.69) is 22.2 Å². The number of aromatic nitrogens is 2. The van der Waals surface area contributed by atoms with Crippen LogP contribution in [-0.2, 0) is 0 Å². The lowest BCUT2D eigenvalue weighted by Crippen LogP contribution is -2.32. The Bertz CT molecular complexity index is 637. The van der Waals surface area contributed by atoms with Crippen LogP contribution in [0.25, 0.3) is 5.65 Å². The number of carboxylic acids is 1. The molecule has 1 fully saturated rings. The molecule has 0 saturated carbocycles. The number of rotatable bonds is 4. The fraction of sp³-hybridized carbons (Fsp3) is 0.429. The molecule has 1 aliphatic rings. The molecule has 106 valence electrons. The van der Waals surface area contributed by atoms with Crippen LogP contribution in [-0.4, -0.2) is 51.5 Å². The van der Waals surface area contributed by atoms with Gasteiger partial charge in [0.1, 0.15) is 5.65 Å². The van der Waals surface area contributed by atoms with Gasteiger partial charge in [0.15, 0.2) is 11.5 Å². The molecule has 6 nitrogen and oxygen atoms in total. The molecular weight excluding hydrogens is 256 g/mol. The van der Waals surface area contributed by atoms with Gasteiger partial charge in [-0.25, -0.2) is 9.78 Å². The zero-order valence-corrected chi connectivity index (χ0v) is 11.4. The highest BCUT2D eigenvalue weighted by Gasteiger charge is 2.23. The van der Waals surface area contributed by atoms with Crippen LogP contribution in [0.2, 0.25) is 0 Å². The minimum Gasteiger partial charge on any atom is -0.476 e. The number of pyridine rings is 1. The molecule has 0 aromatic carbocycles. The molecule has 6 heteroatoms. The molecule has 20 heavy (non-hydrogen) atoms. The van der Waals surface area contributed by atoms with Crippen molar-refractivity contribution in [2.24, 2.45) is 0 Å². The van der Waals surface area contributed by atoms with Gasteiger partial charge in [-0.3, -0.25) is 4.40 Å². The van der Waals surface area contributed by atoms with Crippen LogP contribution < -0.4 is 5.32 Å². The molecule has 1 atom stereocenters. The summed E-state index contributed by atoms with van der Waals surface area (Å²) < 4.78 is 1.60. The quantitative estimate of drug-likeness (QED) is 0.885. The molecule has 1 unspecified atom stereocenters. The predicted octanol–water partition coefficient (Wildman–Crippen LogP) is 1.54. The van der Waals surface area contributed by atoms with Crippen molar-refractivity contribution < 1.29 is 9.90 Å². The molecule has 0 amide bonds. The molecule has 3 rings (SSSR count). The van der Waals surface area contributed by atoms with Crippen LogP contribution in [0, 0.1) is 0 Å². The van der Waals surface area contributed by atoms with Gasteiger partial charge < -0.3 is 15.3 Å². The van der Waals surface area contributed by atoms with E-state index in [0.717, 1.165) is 19.5 Å². The molecule has 2 aromatic heterocycles. The summed E-state index contributed by atoms with van der Waals surface area (Å²) in [5, 5.41) is 12.6. The summed E-state index contributed by atoms with van der Waals surface area (Å²) in [6, 6.07) is 5.90. The second kappa shape index (κ2) is 5.13.